The van der Waals surface area contributed by atoms with Gasteiger partial charge in [0.15, 0.2) is 0 Å². The highest BCUT2D eigenvalue weighted by molar-refractivity contribution is 7.89. The van der Waals surface area contributed by atoms with Crippen LogP contribution in [-0.2, 0) is 10.0 Å². The van der Waals surface area contributed by atoms with Crippen LogP contribution in [0.5, 0.6) is 0 Å². The second-order valence-electron chi connectivity index (χ2n) is 5.65. The molecule has 0 unspecified atom stereocenters. The molecule has 1 aromatic rings. The van der Waals surface area contributed by atoms with Gasteiger partial charge in [-0.05, 0) is 69.5 Å². The quantitative estimate of drug-likeness (QED) is 0.923. The first-order chi connectivity index (χ1) is 9.45. The lowest BCUT2D eigenvalue weighted by Crippen LogP contribution is -2.40. The number of sulfonamides is 1. The number of benzene rings is 1. The third-order valence-corrected chi connectivity index (χ3v) is 6.08. The van der Waals surface area contributed by atoms with Gasteiger partial charge in [0.1, 0.15) is 0 Å². The zero-order valence-corrected chi connectivity index (χ0v) is 13.3. The van der Waals surface area contributed by atoms with Crippen LogP contribution < -0.4 is 5.32 Å². The van der Waals surface area contributed by atoms with E-state index < -0.39 is 10.0 Å². The zero-order valence-electron chi connectivity index (χ0n) is 12.5. The molecule has 2 rings (SSSR count). The molecule has 0 spiro atoms. The van der Waals surface area contributed by atoms with Crippen LogP contribution in [-0.4, -0.2) is 39.4 Å². The minimum absolute atomic E-state index is 0.424. The summed E-state index contributed by atoms with van der Waals surface area (Å²) >= 11 is 0. The summed E-state index contributed by atoms with van der Waals surface area (Å²) in [4.78, 5) is 0.424. The predicted molar refractivity (Wildman–Crippen MR) is 81.3 cm³/mol. The lowest BCUT2D eigenvalue weighted by molar-refractivity contribution is 0.270. The first-order valence-electron chi connectivity index (χ1n) is 7.17. The molecule has 1 N–H and O–H groups in total. The fourth-order valence-electron chi connectivity index (χ4n) is 2.67. The highest BCUT2D eigenvalue weighted by atomic mass is 32.2. The summed E-state index contributed by atoms with van der Waals surface area (Å²) in [6.45, 7) is 6.17. The Bertz CT molecular complexity index is 561. The van der Waals surface area contributed by atoms with E-state index in [1.165, 1.54) is 0 Å². The minimum Gasteiger partial charge on any atom is -0.319 e. The number of nitrogens with one attached hydrogen (secondary N) is 1. The molecule has 0 aliphatic carbocycles. The summed E-state index contributed by atoms with van der Waals surface area (Å²) in [7, 11) is -1.38. The Balaban J connectivity index is 2.13. The first-order valence-corrected chi connectivity index (χ1v) is 8.61. The normalized spacial score (nSPS) is 18.4. The van der Waals surface area contributed by atoms with Crippen molar-refractivity contribution in [2.75, 3.05) is 26.7 Å². The average molecular weight is 296 g/mol. The van der Waals surface area contributed by atoms with Crippen LogP contribution in [0, 0.1) is 19.8 Å². The van der Waals surface area contributed by atoms with E-state index in [-0.39, 0.29) is 0 Å². The molecule has 1 aliphatic rings. The van der Waals surface area contributed by atoms with E-state index >= 15 is 0 Å². The van der Waals surface area contributed by atoms with Crippen molar-refractivity contribution >= 4 is 10.0 Å². The van der Waals surface area contributed by atoms with Crippen molar-refractivity contribution in [3.63, 3.8) is 0 Å². The fraction of sp³-hybridized carbons (Fsp3) is 0.600. The summed E-state index contributed by atoms with van der Waals surface area (Å²) in [6, 6.07) is 5.39. The monoisotopic (exact) mass is 296 g/mol. The fourth-order valence-corrected chi connectivity index (χ4v) is 4.22. The number of aryl methyl sites for hydroxylation is 2. The van der Waals surface area contributed by atoms with Crippen LogP contribution in [0.4, 0.5) is 0 Å². The van der Waals surface area contributed by atoms with Gasteiger partial charge in [-0.15, -0.1) is 0 Å². The summed E-state index contributed by atoms with van der Waals surface area (Å²) in [5.41, 5.74) is 2.15. The Kier molecular flexibility index (Phi) is 4.83. The van der Waals surface area contributed by atoms with Crippen LogP contribution in [0.25, 0.3) is 0 Å². The van der Waals surface area contributed by atoms with Crippen molar-refractivity contribution in [3.05, 3.63) is 29.3 Å². The van der Waals surface area contributed by atoms with Crippen LogP contribution in [0.3, 0.4) is 0 Å². The Labute approximate surface area is 122 Å². The Morgan fingerprint density at radius 2 is 1.85 bits per heavy atom. The predicted octanol–water partition coefficient (Wildman–Crippen LogP) is 1.92. The van der Waals surface area contributed by atoms with Gasteiger partial charge in [-0.3, -0.25) is 0 Å². The van der Waals surface area contributed by atoms with Crippen molar-refractivity contribution in [1.29, 1.82) is 0 Å². The standard InChI is InChI=1S/C15H24N2O2S/c1-12-4-5-15(10-13(12)2)20(18,19)17-8-6-14(7-9-17)11-16-3/h4-5,10,14,16H,6-9,11H2,1-3H3. The molecule has 0 radical (unpaired) electrons. The molecule has 1 saturated heterocycles. The van der Waals surface area contributed by atoms with E-state index in [1.54, 1.807) is 16.4 Å². The number of rotatable bonds is 4. The van der Waals surface area contributed by atoms with Gasteiger partial charge >= 0.3 is 0 Å². The van der Waals surface area contributed by atoms with Gasteiger partial charge in [0, 0.05) is 13.1 Å². The van der Waals surface area contributed by atoms with E-state index in [9.17, 15) is 8.42 Å². The molecular formula is C15H24N2O2S. The maximum Gasteiger partial charge on any atom is 0.243 e. The summed E-state index contributed by atoms with van der Waals surface area (Å²) < 4.78 is 26.9. The molecule has 5 heteroatoms. The molecule has 0 atom stereocenters. The molecule has 1 fully saturated rings. The topological polar surface area (TPSA) is 49.4 Å². The molecular weight excluding hydrogens is 272 g/mol. The van der Waals surface area contributed by atoms with Crippen LogP contribution >= 0.6 is 0 Å². The lowest BCUT2D eigenvalue weighted by atomic mass is 9.98. The SMILES string of the molecule is CNCC1CCN(S(=O)(=O)c2ccc(C)c(C)c2)CC1. The van der Waals surface area contributed by atoms with E-state index in [4.69, 9.17) is 0 Å². The molecule has 112 valence electrons. The summed E-state index contributed by atoms with van der Waals surface area (Å²) in [6.07, 6.45) is 1.87. The highest BCUT2D eigenvalue weighted by Crippen LogP contribution is 2.24. The van der Waals surface area contributed by atoms with Crippen LogP contribution in [0.2, 0.25) is 0 Å². The second-order valence-corrected chi connectivity index (χ2v) is 7.59. The van der Waals surface area contributed by atoms with Crippen molar-refractivity contribution in [1.82, 2.24) is 9.62 Å². The van der Waals surface area contributed by atoms with Gasteiger partial charge in [-0.1, -0.05) is 6.07 Å². The molecule has 20 heavy (non-hydrogen) atoms. The van der Waals surface area contributed by atoms with Gasteiger partial charge in [0.2, 0.25) is 10.0 Å². The zero-order chi connectivity index (χ0) is 14.8. The van der Waals surface area contributed by atoms with Crippen LogP contribution in [0.1, 0.15) is 24.0 Å². The molecule has 1 heterocycles. The van der Waals surface area contributed by atoms with Gasteiger partial charge in [0.25, 0.3) is 0 Å². The van der Waals surface area contributed by atoms with E-state index in [2.05, 4.69) is 5.32 Å². The summed E-state index contributed by atoms with van der Waals surface area (Å²) in [5.74, 6) is 0.589. The average Bonchev–Trinajstić information content (AvgIpc) is 2.43. The molecule has 0 bridgehead atoms. The third-order valence-electron chi connectivity index (χ3n) is 4.18. The Hall–Kier alpha value is -0.910. The maximum atomic E-state index is 12.6. The van der Waals surface area contributed by atoms with E-state index in [0.717, 1.165) is 30.5 Å². The van der Waals surface area contributed by atoms with Gasteiger partial charge in [-0.2, -0.15) is 4.31 Å². The Morgan fingerprint density at radius 3 is 2.40 bits per heavy atom. The van der Waals surface area contributed by atoms with E-state index in [0.29, 0.717) is 23.9 Å². The second kappa shape index (κ2) is 6.24. The smallest absolute Gasteiger partial charge is 0.243 e. The molecule has 0 amide bonds. The number of hydrogen-bond acceptors (Lipinski definition) is 3. The molecule has 0 saturated carbocycles. The molecule has 4 nitrogen and oxygen atoms in total. The molecule has 0 aromatic heterocycles. The van der Waals surface area contributed by atoms with Gasteiger partial charge < -0.3 is 5.32 Å². The largest absolute Gasteiger partial charge is 0.319 e. The molecule has 1 aromatic carbocycles. The van der Waals surface area contributed by atoms with Gasteiger partial charge in [-0.25, -0.2) is 8.42 Å². The van der Waals surface area contributed by atoms with Crippen molar-refractivity contribution in [2.45, 2.75) is 31.6 Å². The lowest BCUT2D eigenvalue weighted by Gasteiger charge is -2.31. The van der Waals surface area contributed by atoms with Crippen molar-refractivity contribution in [2.24, 2.45) is 5.92 Å². The minimum atomic E-state index is -3.33. The number of piperidine rings is 1. The highest BCUT2D eigenvalue weighted by Gasteiger charge is 2.29. The first kappa shape index (κ1) is 15.5. The van der Waals surface area contributed by atoms with Gasteiger partial charge in [0.05, 0.1) is 4.90 Å². The van der Waals surface area contributed by atoms with Crippen molar-refractivity contribution < 1.29 is 8.42 Å². The maximum absolute atomic E-state index is 12.6. The van der Waals surface area contributed by atoms with Crippen molar-refractivity contribution in [3.8, 4) is 0 Å². The Morgan fingerprint density at radius 1 is 1.20 bits per heavy atom. The van der Waals surface area contributed by atoms with Crippen LogP contribution in [0.15, 0.2) is 23.1 Å². The number of nitrogens with zero attached hydrogens (tertiary/aromatic N) is 1. The summed E-state index contributed by atoms with van der Waals surface area (Å²) in [5, 5.41) is 3.17. The van der Waals surface area contributed by atoms with E-state index in [1.807, 2.05) is 27.0 Å². The third kappa shape index (κ3) is 3.22. The number of hydrogen-bond donors (Lipinski definition) is 1. The molecule has 1 aliphatic heterocycles.